The second kappa shape index (κ2) is 5.55. The topological polar surface area (TPSA) is 24.1 Å². The molecule has 0 fully saturated rings. The zero-order valence-corrected chi connectivity index (χ0v) is 12.7. The molecule has 2 atom stereocenters. The predicted molar refractivity (Wildman–Crippen MR) is 87.0 cm³/mol. The lowest BCUT2D eigenvalue weighted by Crippen LogP contribution is -2.28. The molecule has 0 bridgehead atoms. The fourth-order valence-corrected chi connectivity index (χ4v) is 2.95. The Bertz CT molecular complexity index is 610. The summed E-state index contributed by atoms with van der Waals surface area (Å²) in [6.07, 6.45) is 1.01. The largest absolute Gasteiger partial charge is 0.382 e. The average Bonchev–Trinajstić information content (AvgIpc) is 2.42. The first kappa shape index (κ1) is 13.6. The molecule has 0 amide bonds. The fourth-order valence-electron chi connectivity index (χ4n) is 2.64. The van der Waals surface area contributed by atoms with E-state index in [0.29, 0.717) is 6.04 Å². The van der Waals surface area contributed by atoms with Crippen LogP contribution in [0, 0.1) is 0 Å². The summed E-state index contributed by atoms with van der Waals surface area (Å²) in [5.74, 6) is 0. The molecule has 2 N–H and O–H groups in total. The summed E-state index contributed by atoms with van der Waals surface area (Å²) in [7, 11) is 0. The minimum absolute atomic E-state index is 0.251. The van der Waals surface area contributed by atoms with Crippen LogP contribution in [0.15, 0.2) is 42.5 Å². The molecular weight excluding hydrogens is 291 g/mol. The zero-order chi connectivity index (χ0) is 14.1. The maximum atomic E-state index is 6.13. The van der Waals surface area contributed by atoms with E-state index in [2.05, 4.69) is 17.6 Å². The number of nitrogens with one attached hydrogen (secondary N) is 2. The Morgan fingerprint density at radius 3 is 2.50 bits per heavy atom. The lowest BCUT2D eigenvalue weighted by Gasteiger charge is -2.32. The van der Waals surface area contributed by atoms with Gasteiger partial charge in [-0.1, -0.05) is 23.2 Å². The highest BCUT2D eigenvalue weighted by molar-refractivity contribution is 6.31. The van der Waals surface area contributed by atoms with Crippen LogP contribution in [0.1, 0.15) is 24.9 Å². The molecule has 0 aromatic heterocycles. The van der Waals surface area contributed by atoms with E-state index >= 15 is 0 Å². The van der Waals surface area contributed by atoms with Crippen LogP contribution in [-0.4, -0.2) is 6.04 Å². The molecule has 2 nitrogen and oxygen atoms in total. The molecule has 1 heterocycles. The Labute approximate surface area is 129 Å². The van der Waals surface area contributed by atoms with E-state index in [4.69, 9.17) is 23.2 Å². The van der Waals surface area contributed by atoms with Crippen LogP contribution in [0.3, 0.4) is 0 Å². The van der Waals surface area contributed by atoms with E-state index in [1.165, 1.54) is 5.56 Å². The SMILES string of the molecule is CC1CC(Nc2ccc(Cl)cc2)c2cc(Cl)ccc2N1. The van der Waals surface area contributed by atoms with Crippen molar-refractivity contribution < 1.29 is 0 Å². The van der Waals surface area contributed by atoms with Crippen molar-refractivity contribution in [3.8, 4) is 0 Å². The van der Waals surface area contributed by atoms with Gasteiger partial charge >= 0.3 is 0 Å². The standard InChI is InChI=1S/C16H16Cl2N2/c1-10-8-16(20-13-5-2-11(17)3-6-13)14-9-12(18)4-7-15(14)19-10/h2-7,9-10,16,19-20H,8H2,1H3. The predicted octanol–water partition coefficient (Wildman–Crippen LogP) is 5.35. The molecular formula is C16H16Cl2N2. The van der Waals surface area contributed by atoms with E-state index in [1.807, 2.05) is 42.5 Å². The molecule has 1 aliphatic rings. The first-order valence-corrected chi connectivity index (χ1v) is 7.45. The number of fused-ring (bicyclic) bond motifs is 1. The Kier molecular flexibility index (Phi) is 3.77. The summed E-state index contributed by atoms with van der Waals surface area (Å²) in [6, 6.07) is 14.5. The average molecular weight is 307 g/mol. The first-order chi connectivity index (χ1) is 9.61. The van der Waals surface area contributed by atoms with Crippen LogP contribution in [0.25, 0.3) is 0 Å². The van der Waals surface area contributed by atoms with Gasteiger partial charge in [0.15, 0.2) is 0 Å². The van der Waals surface area contributed by atoms with E-state index in [9.17, 15) is 0 Å². The molecule has 0 aliphatic carbocycles. The molecule has 4 heteroatoms. The number of hydrogen-bond donors (Lipinski definition) is 2. The van der Waals surface area contributed by atoms with Gasteiger partial charge in [-0.15, -0.1) is 0 Å². The molecule has 0 saturated carbocycles. The zero-order valence-electron chi connectivity index (χ0n) is 11.2. The smallest absolute Gasteiger partial charge is 0.0554 e. The van der Waals surface area contributed by atoms with Crippen molar-refractivity contribution in [3.63, 3.8) is 0 Å². The Morgan fingerprint density at radius 2 is 1.75 bits per heavy atom. The van der Waals surface area contributed by atoms with Crippen LogP contribution in [0.4, 0.5) is 11.4 Å². The molecule has 0 radical (unpaired) electrons. The van der Waals surface area contributed by atoms with E-state index < -0.39 is 0 Å². The van der Waals surface area contributed by atoms with Crippen LogP contribution in [0.2, 0.25) is 10.0 Å². The molecule has 0 saturated heterocycles. The molecule has 2 aromatic rings. The van der Waals surface area contributed by atoms with E-state index in [1.54, 1.807) is 0 Å². The highest BCUT2D eigenvalue weighted by Crippen LogP contribution is 2.36. The number of rotatable bonds is 2. The van der Waals surface area contributed by atoms with Gasteiger partial charge in [0.25, 0.3) is 0 Å². The molecule has 1 aliphatic heterocycles. The molecule has 2 unspecified atom stereocenters. The van der Waals surface area contributed by atoms with Crippen LogP contribution in [0.5, 0.6) is 0 Å². The van der Waals surface area contributed by atoms with Gasteiger partial charge in [-0.25, -0.2) is 0 Å². The van der Waals surface area contributed by atoms with Crippen LogP contribution >= 0.6 is 23.2 Å². The summed E-state index contributed by atoms with van der Waals surface area (Å²) in [4.78, 5) is 0. The van der Waals surface area contributed by atoms with Crippen molar-refractivity contribution in [1.29, 1.82) is 0 Å². The first-order valence-electron chi connectivity index (χ1n) is 6.70. The summed E-state index contributed by atoms with van der Waals surface area (Å²) >= 11 is 12.1. The minimum Gasteiger partial charge on any atom is -0.382 e. The van der Waals surface area contributed by atoms with Gasteiger partial charge in [-0.2, -0.15) is 0 Å². The number of anilines is 2. The number of halogens is 2. The summed E-state index contributed by atoms with van der Waals surface area (Å²) in [5.41, 5.74) is 3.43. The van der Waals surface area contributed by atoms with Crippen molar-refractivity contribution in [1.82, 2.24) is 0 Å². The maximum absolute atomic E-state index is 6.13. The highest BCUT2D eigenvalue weighted by Gasteiger charge is 2.24. The van der Waals surface area contributed by atoms with Crippen molar-refractivity contribution in [2.24, 2.45) is 0 Å². The lowest BCUT2D eigenvalue weighted by molar-refractivity contribution is 0.600. The van der Waals surface area contributed by atoms with Crippen LogP contribution in [-0.2, 0) is 0 Å². The number of hydrogen-bond acceptors (Lipinski definition) is 2. The fraction of sp³-hybridized carbons (Fsp3) is 0.250. The van der Waals surface area contributed by atoms with E-state index in [0.717, 1.165) is 27.8 Å². The van der Waals surface area contributed by atoms with Gasteiger partial charge in [0.1, 0.15) is 0 Å². The molecule has 104 valence electrons. The third-order valence-electron chi connectivity index (χ3n) is 3.57. The monoisotopic (exact) mass is 306 g/mol. The van der Waals surface area contributed by atoms with Gasteiger partial charge in [0, 0.05) is 27.5 Å². The van der Waals surface area contributed by atoms with Gasteiger partial charge in [-0.05, 0) is 61.4 Å². The van der Waals surface area contributed by atoms with Gasteiger partial charge in [-0.3, -0.25) is 0 Å². The Hall–Kier alpha value is -1.38. The van der Waals surface area contributed by atoms with Gasteiger partial charge < -0.3 is 10.6 Å². The highest BCUT2D eigenvalue weighted by atomic mass is 35.5. The minimum atomic E-state index is 0.251. The maximum Gasteiger partial charge on any atom is 0.0554 e. The van der Waals surface area contributed by atoms with E-state index in [-0.39, 0.29) is 6.04 Å². The third-order valence-corrected chi connectivity index (χ3v) is 4.05. The normalized spacial score (nSPS) is 20.9. The second-order valence-electron chi connectivity index (χ2n) is 5.22. The lowest BCUT2D eigenvalue weighted by atomic mass is 9.93. The third kappa shape index (κ3) is 2.87. The quantitative estimate of drug-likeness (QED) is 0.781. The van der Waals surface area contributed by atoms with Crippen molar-refractivity contribution >= 4 is 34.6 Å². The Morgan fingerprint density at radius 1 is 1.05 bits per heavy atom. The van der Waals surface area contributed by atoms with Crippen LogP contribution < -0.4 is 10.6 Å². The molecule has 3 rings (SSSR count). The molecule has 0 spiro atoms. The van der Waals surface area contributed by atoms with Gasteiger partial charge in [0.05, 0.1) is 6.04 Å². The molecule has 20 heavy (non-hydrogen) atoms. The van der Waals surface area contributed by atoms with Crippen molar-refractivity contribution in [2.75, 3.05) is 10.6 Å². The molecule has 2 aromatic carbocycles. The second-order valence-corrected chi connectivity index (χ2v) is 6.09. The summed E-state index contributed by atoms with van der Waals surface area (Å²) in [6.45, 7) is 2.19. The van der Waals surface area contributed by atoms with Crippen molar-refractivity contribution in [3.05, 3.63) is 58.1 Å². The summed E-state index contributed by atoms with van der Waals surface area (Å²) in [5, 5.41) is 8.57. The summed E-state index contributed by atoms with van der Waals surface area (Å²) < 4.78 is 0. The number of benzene rings is 2. The Balaban J connectivity index is 1.90. The van der Waals surface area contributed by atoms with Gasteiger partial charge in [0.2, 0.25) is 0 Å². The van der Waals surface area contributed by atoms with Crippen molar-refractivity contribution in [2.45, 2.75) is 25.4 Å².